The van der Waals surface area contributed by atoms with Gasteiger partial charge in [0.05, 0.1) is 6.61 Å². The molecule has 39 heavy (non-hydrogen) atoms. The molecule has 5 atom stereocenters. The van der Waals surface area contributed by atoms with Crippen LogP contribution in [0.15, 0.2) is 24.3 Å². The van der Waals surface area contributed by atoms with Crippen molar-refractivity contribution in [2.45, 2.75) is 136 Å². The Hall–Kier alpha value is -2.15. The number of carbonyl (C=O) groups is 3. The third-order valence-electron chi connectivity index (χ3n) is 7.68. The number of unbranched alkanes of at least 4 members (excludes halogenated alkanes) is 6. The highest BCUT2D eigenvalue weighted by Crippen LogP contribution is 2.43. The summed E-state index contributed by atoms with van der Waals surface area (Å²) in [7, 11) is 0. The van der Waals surface area contributed by atoms with Gasteiger partial charge < -0.3 is 19.7 Å². The van der Waals surface area contributed by atoms with Crippen LogP contribution in [0.3, 0.4) is 0 Å². The van der Waals surface area contributed by atoms with Crippen molar-refractivity contribution in [3.8, 4) is 0 Å². The number of aliphatic carboxylic acids is 1. The number of hydrogen-bond donors (Lipinski definition) is 2. The van der Waals surface area contributed by atoms with Gasteiger partial charge in [0.2, 0.25) is 0 Å². The summed E-state index contributed by atoms with van der Waals surface area (Å²) in [6.07, 6.45) is 20.0. The smallest absolute Gasteiger partial charge is 0.335 e. The molecule has 2 N–H and O–H groups in total. The molecule has 1 saturated carbocycles. The molecule has 1 aliphatic carbocycles. The highest BCUT2D eigenvalue weighted by molar-refractivity contribution is 5.76. The third kappa shape index (κ3) is 14.2. The van der Waals surface area contributed by atoms with Crippen LogP contribution in [0, 0.1) is 17.8 Å². The first kappa shape index (κ1) is 34.9. The second-order valence-electron chi connectivity index (χ2n) is 11.3. The van der Waals surface area contributed by atoms with E-state index in [0.717, 1.165) is 38.5 Å². The number of carbonyl (C=O) groups excluding carboxylic acids is 2. The molecule has 0 heterocycles. The predicted octanol–water partition coefficient (Wildman–Crippen LogP) is 7.16. The number of hydrogen-bond acceptors (Lipinski definition) is 6. The lowest BCUT2D eigenvalue weighted by molar-refractivity contribution is -0.157. The number of allylic oxidation sites excluding steroid dienone is 4. The molecule has 1 fully saturated rings. The average Bonchev–Trinajstić information content (AvgIpc) is 3.22. The SMILES string of the molecule is CCCCCC/C=C/[C@H]1[C@H](COC(=O)CCCC)C[C@@H](OC(=O)CCCC)[C@@H]1C/C=C\CCC(C)(O)C(=O)O. The van der Waals surface area contributed by atoms with Crippen LogP contribution in [-0.2, 0) is 23.9 Å². The van der Waals surface area contributed by atoms with Gasteiger partial charge in [0, 0.05) is 24.7 Å². The lowest BCUT2D eigenvalue weighted by atomic mass is 9.86. The van der Waals surface area contributed by atoms with Crippen LogP contribution in [0.5, 0.6) is 0 Å². The summed E-state index contributed by atoms with van der Waals surface area (Å²) in [5.41, 5.74) is -1.76. The standard InChI is InChI=1S/C32H54O7/c1-5-8-11-12-13-15-18-26-25(24-38-29(33)20-9-6-2)23-28(39-30(34)21-10-7-3)27(26)19-16-14-17-22-32(4,37)31(35)36/h14-16,18,25-28,37H,5-13,17,19-24H2,1-4H3,(H,35,36)/b16-14-,18-15+/t25-,26-,27+,28+,32?/m0/s1. The van der Waals surface area contributed by atoms with E-state index in [2.05, 4.69) is 19.1 Å². The number of ether oxygens (including phenoxy) is 2. The summed E-state index contributed by atoms with van der Waals surface area (Å²) in [6, 6.07) is 0. The topological polar surface area (TPSA) is 110 Å². The van der Waals surface area contributed by atoms with Crippen molar-refractivity contribution < 1.29 is 34.1 Å². The molecule has 7 nitrogen and oxygen atoms in total. The maximum absolute atomic E-state index is 12.6. The fraction of sp³-hybridized carbons (Fsp3) is 0.781. The quantitative estimate of drug-likeness (QED) is 0.0886. The van der Waals surface area contributed by atoms with Crippen LogP contribution in [0.1, 0.15) is 124 Å². The molecule has 1 unspecified atom stereocenters. The zero-order valence-corrected chi connectivity index (χ0v) is 24.9. The van der Waals surface area contributed by atoms with Crippen LogP contribution in [0.4, 0.5) is 0 Å². The van der Waals surface area contributed by atoms with Crippen LogP contribution < -0.4 is 0 Å². The van der Waals surface area contributed by atoms with Crippen molar-refractivity contribution >= 4 is 17.9 Å². The summed E-state index contributed by atoms with van der Waals surface area (Å²) in [5.74, 6) is -1.38. The van der Waals surface area contributed by atoms with Gasteiger partial charge in [0.25, 0.3) is 0 Å². The summed E-state index contributed by atoms with van der Waals surface area (Å²) < 4.78 is 11.7. The highest BCUT2D eigenvalue weighted by Gasteiger charge is 2.43. The van der Waals surface area contributed by atoms with Crippen LogP contribution in [-0.4, -0.2) is 46.4 Å². The van der Waals surface area contributed by atoms with Gasteiger partial charge in [-0.15, -0.1) is 0 Å². The molecule has 0 aromatic rings. The molecule has 224 valence electrons. The normalized spacial score (nSPS) is 22.8. The molecule has 0 saturated heterocycles. The molecular weight excluding hydrogens is 496 g/mol. The lowest BCUT2D eigenvalue weighted by Crippen LogP contribution is -2.34. The zero-order valence-electron chi connectivity index (χ0n) is 24.9. The first-order valence-electron chi connectivity index (χ1n) is 15.3. The number of carboxylic acid groups (broad SMARTS) is 1. The van der Waals surface area contributed by atoms with E-state index in [1.54, 1.807) is 0 Å². The van der Waals surface area contributed by atoms with E-state index in [1.165, 1.54) is 26.2 Å². The Kier molecular flexibility index (Phi) is 17.7. The number of rotatable bonds is 21. The Morgan fingerprint density at radius 3 is 2.18 bits per heavy atom. The Labute approximate surface area is 236 Å². The number of esters is 2. The summed E-state index contributed by atoms with van der Waals surface area (Å²) in [4.78, 5) is 36.0. The fourth-order valence-electron chi connectivity index (χ4n) is 5.08. The molecule has 0 aromatic carbocycles. The molecule has 0 spiro atoms. The van der Waals surface area contributed by atoms with Gasteiger partial charge >= 0.3 is 17.9 Å². The molecule has 0 radical (unpaired) electrons. The Morgan fingerprint density at radius 2 is 1.54 bits per heavy atom. The van der Waals surface area contributed by atoms with Gasteiger partial charge in [-0.2, -0.15) is 0 Å². The largest absolute Gasteiger partial charge is 0.479 e. The molecule has 0 aromatic heterocycles. The monoisotopic (exact) mass is 550 g/mol. The molecular formula is C32H54O7. The van der Waals surface area contributed by atoms with Crippen LogP contribution in [0.25, 0.3) is 0 Å². The predicted molar refractivity (Wildman–Crippen MR) is 154 cm³/mol. The van der Waals surface area contributed by atoms with Gasteiger partial charge in [-0.3, -0.25) is 9.59 Å². The maximum atomic E-state index is 12.6. The molecule has 1 aliphatic rings. The lowest BCUT2D eigenvalue weighted by Gasteiger charge is -2.24. The first-order chi connectivity index (χ1) is 18.7. The minimum absolute atomic E-state index is 0.0399. The minimum Gasteiger partial charge on any atom is -0.479 e. The van der Waals surface area contributed by atoms with Gasteiger partial charge in [-0.25, -0.2) is 4.79 Å². The minimum atomic E-state index is -1.76. The zero-order chi connectivity index (χ0) is 29.1. The van der Waals surface area contributed by atoms with Crippen molar-refractivity contribution in [2.75, 3.05) is 6.61 Å². The second kappa shape index (κ2) is 19.8. The Balaban J connectivity index is 3.02. The average molecular weight is 551 g/mol. The first-order valence-corrected chi connectivity index (χ1v) is 15.3. The summed E-state index contributed by atoms with van der Waals surface area (Å²) in [5, 5.41) is 19.1. The Bertz CT molecular complexity index is 770. The van der Waals surface area contributed by atoms with E-state index in [1.807, 2.05) is 26.0 Å². The van der Waals surface area contributed by atoms with Crippen molar-refractivity contribution in [1.29, 1.82) is 0 Å². The fourth-order valence-corrected chi connectivity index (χ4v) is 5.08. The molecule has 0 aliphatic heterocycles. The van der Waals surface area contributed by atoms with Crippen molar-refractivity contribution in [2.24, 2.45) is 17.8 Å². The van der Waals surface area contributed by atoms with E-state index in [9.17, 15) is 19.5 Å². The summed E-state index contributed by atoms with van der Waals surface area (Å²) in [6.45, 7) is 7.91. The molecule has 7 heteroatoms. The van der Waals surface area contributed by atoms with E-state index in [-0.39, 0.29) is 42.2 Å². The van der Waals surface area contributed by atoms with Crippen LogP contribution in [0.2, 0.25) is 0 Å². The summed E-state index contributed by atoms with van der Waals surface area (Å²) >= 11 is 0. The van der Waals surface area contributed by atoms with E-state index in [4.69, 9.17) is 14.6 Å². The molecule has 0 amide bonds. The Morgan fingerprint density at radius 1 is 0.872 bits per heavy atom. The van der Waals surface area contributed by atoms with Gasteiger partial charge in [-0.1, -0.05) is 77.2 Å². The van der Waals surface area contributed by atoms with Crippen LogP contribution >= 0.6 is 0 Å². The van der Waals surface area contributed by atoms with Crippen molar-refractivity contribution in [3.63, 3.8) is 0 Å². The van der Waals surface area contributed by atoms with Gasteiger partial charge in [0.1, 0.15) is 6.10 Å². The molecule has 1 rings (SSSR count). The van der Waals surface area contributed by atoms with E-state index >= 15 is 0 Å². The van der Waals surface area contributed by atoms with Gasteiger partial charge in [-0.05, 0) is 64.2 Å². The van der Waals surface area contributed by atoms with E-state index in [0.29, 0.717) is 38.7 Å². The number of carboxylic acids is 1. The number of aliphatic hydroxyl groups is 1. The third-order valence-corrected chi connectivity index (χ3v) is 7.68. The van der Waals surface area contributed by atoms with Gasteiger partial charge in [0.15, 0.2) is 5.60 Å². The van der Waals surface area contributed by atoms with Crippen molar-refractivity contribution in [1.82, 2.24) is 0 Å². The highest BCUT2D eigenvalue weighted by atomic mass is 16.5. The second-order valence-corrected chi connectivity index (χ2v) is 11.3. The maximum Gasteiger partial charge on any atom is 0.335 e. The van der Waals surface area contributed by atoms with E-state index < -0.39 is 11.6 Å². The van der Waals surface area contributed by atoms with Crippen molar-refractivity contribution in [3.05, 3.63) is 24.3 Å². The molecule has 0 bridgehead atoms.